The normalized spacial score (nSPS) is 11.6. The summed E-state index contributed by atoms with van der Waals surface area (Å²) in [4.78, 5) is 12.2. The Morgan fingerprint density at radius 1 is 1.04 bits per heavy atom. The summed E-state index contributed by atoms with van der Waals surface area (Å²) in [6.07, 6.45) is 0.115. The third-order valence-corrected chi connectivity index (χ3v) is 3.62. The molecule has 4 nitrogen and oxygen atoms in total. The van der Waals surface area contributed by atoms with E-state index in [1.165, 1.54) is 5.56 Å². The van der Waals surface area contributed by atoms with Crippen LogP contribution in [0.2, 0.25) is 0 Å². The van der Waals surface area contributed by atoms with Gasteiger partial charge >= 0.3 is 0 Å². The third kappa shape index (κ3) is 5.61. The lowest BCUT2D eigenvalue weighted by Crippen LogP contribution is -2.39. The smallest absolute Gasteiger partial charge is 0.261 e. The molecule has 128 valence electrons. The predicted octanol–water partition coefficient (Wildman–Crippen LogP) is 3.66. The molecule has 24 heavy (non-hydrogen) atoms. The maximum atomic E-state index is 12.2. The van der Waals surface area contributed by atoms with Crippen LogP contribution in [0.1, 0.15) is 24.5 Å². The lowest BCUT2D eigenvalue weighted by Gasteiger charge is -2.17. The van der Waals surface area contributed by atoms with Crippen molar-refractivity contribution in [3.05, 3.63) is 59.7 Å². The summed E-state index contributed by atoms with van der Waals surface area (Å²) >= 11 is 0. The maximum Gasteiger partial charge on any atom is 0.261 e. The number of hydrogen-bond donors (Lipinski definition) is 1. The molecule has 0 fully saturated rings. The van der Waals surface area contributed by atoms with E-state index in [-0.39, 0.29) is 5.91 Å². The van der Waals surface area contributed by atoms with Crippen molar-refractivity contribution in [1.29, 1.82) is 0 Å². The van der Waals surface area contributed by atoms with Crippen LogP contribution in [0.5, 0.6) is 11.5 Å². The average Bonchev–Trinajstić information content (AvgIpc) is 2.58. The zero-order valence-corrected chi connectivity index (χ0v) is 14.5. The molecule has 0 spiro atoms. The number of amides is 1. The fraction of sp³-hybridized carbons (Fsp3) is 0.350. The van der Waals surface area contributed by atoms with Crippen LogP contribution in [0.3, 0.4) is 0 Å². The largest absolute Gasteiger partial charge is 0.492 e. The second kappa shape index (κ2) is 8.96. The van der Waals surface area contributed by atoms with Gasteiger partial charge in [-0.15, -0.1) is 0 Å². The molecule has 2 aromatic carbocycles. The molecule has 2 rings (SSSR count). The molecule has 0 heterocycles. The molecular formula is C20H25NO3. The van der Waals surface area contributed by atoms with Crippen LogP contribution < -0.4 is 14.8 Å². The second-order valence-electron chi connectivity index (χ2n) is 5.78. The van der Waals surface area contributed by atoms with Gasteiger partial charge in [0.25, 0.3) is 5.91 Å². The number of carbonyl (C=O) groups excluding carboxylic acids is 1. The number of nitrogens with one attached hydrogen (secondary N) is 1. The summed E-state index contributed by atoms with van der Waals surface area (Å²) in [5, 5.41) is 2.86. The highest BCUT2D eigenvalue weighted by Gasteiger charge is 2.17. The van der Waals surface area contributed by atoms with E-state index in [9.17, 15) is 4.79 Å². The number of aryl methyl sites for hydroxylation is 2. The summed E-state index contributed by atoms with van der Waals surface area (Å²) < 4.78 is 11.4. The Kier molecular flexibility index (Phi) is 6.67. The number of carbonyl (C=O) groups is 1. The molecule has 0 saturated carbocycles. The molecule has 1 N–H and O–H groups in total. The molecule has 0 unspecified atom stereocenters. The van der Waals surface area contributed by atoms with E-state index in [2.05, 4.69) is 5.32 Å². The van der Waals surface area contributed by atoms with Crippen molar-refractivity contribution >= 4 is 5.91 Å². The van der Waals surface area contributed by atoms with Crippen molar-refractivity contribution < 1.29 is 14.3 Å². The van der Waals surface area contributed by atoms with Crippen molar-refractivity contribution in [2.75, 3.05) is 13.2 Å². The molecule has 0 aliphatic rings. The van der Waals surface area contributed by atoms with E-state index in [0.717, 1.165) is 11.3 Å². The van der Waals surface area contributed by atoms with Crippen LogP contribution >= 0.6 is 0 Å². The van der Waals surface area contributed by atoms with Crippen molar-refractivity contribution in [2.24, 2.45) is 0 Å². The fourth-order valence-corrected chi connectivity index (χ4v) is 2.27. The lowest BCUT2D eigenvalue weighted by molar-refractivity contribution is -0.128. The molecule has 1 amide bonds. The highest BCUT2D eigenvalue weighted by Crippen LogP contribution is 2.15. The first-order chi connectivity index (χ1) is 11.6. The molecule has 0 aromatic heterocycles. The molecule has 0 saturated heterocycles. The maximum absolute atomic E-state index is 12.2. The summed E-state index contributed by atoms with van der Waals surface area (Å²) in [6.45, 7) is 6.83. The van der Waals surface area contributed by atoms with Gasteiger partial charge in [-0.1, -0.05) is 36.8 Å². The Balaban J connectivity index is 1.76. The van der Waals surface area contributed by atoms with Crippen LogP contribution in [0.15, 0.2) is 48.5 Å². The van der Waals surface area contributed by atoms with E-state index in [1.807, 2.05) is 69.3 Å². The number of rotatable bonds is 8. The third-order valence-electron chi connectivity index (χ3n) is 3.62. The Bertz CT molecular complexity index is 652. The fourth-order valence-electron chi connectivity index (χ4n) is 2.27. The minimum Gasteiger partial charge on any atom is -0.492 e. The lowest BCUT2D eigenvalue weighted by atomic mass is 10.2. The first kappa shape index (κ1) is 17.9. The molecule has 1 atom stereocenters. The van der Waals surface area contributed by atoms with Gasteiger partial charge in [0.1, 0.15) is 18.1 Å². The summed E-state index contributed by atoms with van der Waals surface area (Å²) in [7, 11) is 0. The monoisotopic (exact) mass is 327 g/mol. The molecule has 2 aromatic rings. The minimum atomic E-state index is -0.494. The van der Waals surface area contributed by atoms with Gasteiger partial charge in [-0.2, -0.15) is 0 Å². The molecule has 0 aliphatic heterocycles. The van der Waals surface area contributed by atoms with Crippen molar-refractivity contribution in [2.45, 2.75) is 33.3 Å². The van der Waals surface area contributed by atoms with Gasteiger partial charge in [-0.25, -0.2) is 0 Å². The van der Waals surface area contributed by atoms with Crippen LogP contribution in [0, 0.1) is 13.8 Å². The molecule has 4 heteroatoms. The van der Waals surface area contributed by atoms with E-state index in [1.54, 1.807) is 0 Å². The second-order valence-corrected chi connectivity index (χ2v) is 5.78. The van der Waals surface area contributed by atoms with Crippen LogP contribution in [0.25, 0.3) is 0 Å². The van der Waals surface area contributed by atoms with Gasteiger partial charge in [-0.3, -0.25) is 4.79 Å². The van der Waals surface area contributed by atoms with Crippen molar-refractivity contribution in [3.63, 3.8) is 0 Å². The van der Waals surface area contributed by atoms with Crippen LogP contribution in [-0.4, -0.2) is 25.2 Å². The van der Waals surface area contributed by atoms with Crippen molar-refractivity contribution in [3.8, 4) is 11.5 Å². The number of benzene rings is 2. The highest BCUT2D eigenvalue weighted by atomic mass is 16.5. The number of hydrogen-bond acceptors (Lipinski definition) is 3. The highest BCUT2D eigenvalue weighted by molar-refractivity contribution is 5.81. The van der Waals surface area contributed by atoms with Gasteiger partial charge in [0.2, 0.25) is 0 Å². The van der Waals surface area contributed by atoms with Crippen LogP contribution in [-0.2, 0) is 4.79 Å². The summed E-state index contributed by atoms with van der Waals surface area (Å²) in [6, 6.07) is 15.5. The Labute approximate surface area is 143 Å². The SMILES string of the molecule is CC[C@@H](Oc1cccc(C)c1)C(=O)NCCOc1ccc(C)cc1. The van der Waals surface area contributed by atoms with Gasteiger partial charge in [0, 0.05) is 0 Å². The standard InChI is InChI=1S/C20H25NO3/c1-4-19(24-18-7-5-6-16(3)14-18)20(22)21-12-13-23-17-10-8-15(2)9-11-17/h5-11,14,19H,4,12-13H2,1-3H3,(H,21,22)/t19-/m1/s1. The topological polar surface area (TPSA) is 47.6 Å². The zero-order valence-electron chi connectivity index (χ0n) is 14.5. The number of ether oxygens (including phenoxy) is 2. The first-order valence-electron chi connectivity index (χ1n) is 8.29. The Morgan fingerprint density at radius 3 is 2.46 bits per heavy atom. The Morgan fingerprint density at radius 2 is 1.79 bits per heavy atom. The molecule has 0 aliphatic carbocycles. The molecule has 0 bridgehead atoms. The van der Waals surface area contributed by atoms with Gasteiger partial charge in [-0.05, 0) is 50.1 Å². The predicted molar refractivity (Wildman–Crippen MR) is 95.6 cm³/mol. The van der Waals surface area contributed by atoms with E-state index >= 15 is 0 Å². The average molecular weight is 327 g/mol. The summed E-state index contributed by atoms with van der Waals surface area (Å²) in [5.74, 6) is 1.40. The molecular weight excluding hydrogens is 302 g/mol. The van der Waals surface area contributed by atoms with Gasteiger partial charge in [0.05, 0.1) is 6.54 Å². The molecule has 0 radical (unpaired) electrons. The van der Waals surface area contributed by atoms with Crippen molar-refractivity contribution in [1.82, 2.24) is 5.32 Å². The van der Waals surface area contributed by atoms with Gasteiger partial charge < -0.3 is 14.8 Å². The zero-order chi connectivity index (χ0) is 17.4. The Hall–Kier alpha value is -2.49. The first-order valence-corrected chi connectivity index (χ1v) is 8.29. The van der Waals surface area contributed by atoms with E-state index in [0.29, 0.717) is 25.3 Å². The van der Waals surface area contributed by atoms with Crippen LogP contribution in [0.4, 0.5) is 0 Å². The summed E-state index contributed by atoms with van der Waals surface area (Å²) in [5.41, 5.74) is 2.30. The minimum absolute atomic E-state index is 0.119. The quantitative estimate of drug-likeness (QED) is 0.753. The van der Waals surface area contributed by atoms with E-state index < -0.39 is 6.10 Å². The van der Waals surface area contributed by atoms with E-state index in [4.69, 9.17) is 9.47 Å². The van der Waals surface area contributed by atoms with Gasteiger partial charge in [0.15, 0.2) is 6.10 Å².